The summed E-state index contributed by atoms with van der Waals surface area (Å²) in [6, 6.07) is 22.7. The molecule has 0 spiro atoms. The van der Waals surface area contributed by atoms with Gasteiger partial charge in [-0.2, -0.15) is 0 Å². The molecule has 5 N–H and O–H groups in total. The van der Waals surface area contributed by atoms with Gasteiger partial charge in [-0.15, -0.1) is 0 Å². The van der Waals surface area contributed by atoms with Gasteiger partial charge in [0.2, 0.25) is 17.4 Å². The van der Waals surface area contributed by atoms with Crippen molar-refractivity contribution in [2.75, 3.05) is 39.8 Å². The van der Waals surface area contributed by atoms with E-state index in [0.29, 0.717) is 56.4 Å². The predicted molar refractivity (Wildman–Crippen MR) is 182 cm³/mol. The molecule has 48 heavy (non-hydrogen) atoms. The van der Waals surface area contributed by atoms with E-state index in [4.69, 9.17) is 0 Å². The number of hydrogen-bond acceptors (Lipinski definition) is 7. The molecule has 11 heteroatoms. The zero-order valence-corrected chi connectivity index (χ0v) is 27.0. The van der Waals surface area contributed by atoms with Crippen molar-refractivity contribution in [3.05, 3.63) is 111 Å². The van der Waals surface area contributed by atoms with Crippen molar-refractivity contribution in [2.45, 2.75) is 43.6 Å². The number of amides is 2. The molecule has 0 bridgehead atoms. The van der Waals surface area contributed by atoms with Crippen LogP contribution < -0.4 is 10.9 Å². The summed E-state index contributed by atoms with van der Waals surface area (Å²) in [4.78, 5) is 55.8. The van der Waals surface area contributed by atoms with Gasteiger partial charge in [-0.3, -0.25) is 19.2 Å². The Hall–Kier alpha value is -5.00. The van der Waals surface area contributed by atoms with E-state index in [-0.39, 0.29) is 48.0 Å². The first kappa shape index (κ1) is 34.3. The largest absolute Gasteiger partial charge is 0.506 e. The highest BCUT2D eigenvalue weighted by Crippen LogP contribution is 2.36. The molecule has 252 valence electrons. The van der Waals surface area contributed by atoms with Crippen molar-refractivity contribution in [1.29, 1.82) is 0 Å². The Morgan fingerprint density at radius 2 is 1.60 bits per heavy atom. The molecule has 1 aliphatic rings. The molecule has 2 amide bonds. The fourth-order valence-corrected chi connectivity index (χ4v) is 6.36. The van der Waals surface area contributed by atoms with E-state index in [2.05, 4.69) is 10.3 Å². The number of carboxylic acids is 1. The number of piperidine rings is 1. The van der Waals surface area contributed by atoms with Crippen molar-refractivity contribution >= 4 is 28.7 Å². The van der Waals surface area contributed by atoms with Crippen LogP contribution in [0, 0.1) is 0 Å². The zero-order valence-electron chi connectivity index (χ0n) is 27.0. The average Bonchev–Trinajstić information content (AvgIpc) is 3.09. The maximum atomic E-state index is 13.0. The minimum atomic E-state index is -0.979. The zero-order chi connectivity index (χ0) is 34.3. The van der Waals surface area contributed by atoms with Crippen LogP contribution in [-0.4, -0.2) is 87.7 Å². The fraction of sp³-hybridized carbons (Fsp3) is 0.351. The summed E-state index contributed by atoms with van der Waals surface area (Å²) in [7, 11) is 1.75. The Balaban J connectivity index is 1.03. The Kier molecular flexibility index (Phi) is 10.9. The van der Waals surface area contributed by atoms with Crippen LogP contribution in [0.1, 0.15) is 47.6 Å². The summed E-state index contributed by atoms with van der Waals surface area (Å²) in [5.41, 5.74) is 2.01. The number of H-pyrrole nitrogens is 1. The molecular formula is C37H42N4O7. The third-order valence-corrected chi connectivity index (χ3v) is 9.32. The van der Waals surface area contributed by atoms with E-state index in [1.54, 1.807) is 29.0 Å². The van der Waals surface area contributed by atoms with Gasteiger partial charge in [0.1, 0.15) is 5.75 Å². The Bertz CT molecular complexity index is 1800. The number of phenols is 1. The van der Waals surface area contributed by atoms with Gasteiger partial charge >= 0.3 is 5.97 Å². The number of rotatable bonds is 13. The summed E-state index contributed by atoms with van der Waals surface area (Å²) in [5, 5.41) is 34.6. The van der Waals surface area contributed by atoms with Crippen LogP contribution in [0.25, 0.3) is 10.9 Å². The van der Waals surface area contributed by atoms with Gasteiger partial charge in [0, 0.05) is 44.7 Å². The summed E-state index contributed by atoms with van der Waals surface area (Å²) in [6.45, 7) is 2.13. The maximum Gasteiger partial charge on any atom is 0.314 e. The number of benzene rings is 3. The topological polar surface area (TPSA) is 163 Å². The molecule has 1 fully saturated rings. The van der Waals surface area contributed by atoms with Crippen molar-refractivity contribution in [1.82, 2.24) is 20.1 Å². The summed E-state index contributed by atoms with van der Waals surface area (Å²) in [5.74, 6) is -0.990. The SMILES string of the molecule is CN(CCCNC[C@H](O)c1ccc(O)c2[nH]c(=O)ccc12)C(=O)Cc1ccc(CC(=O)N2CCC(C(=O)O)(c3ccccc3)CC2)cc1. The van der Waals surface area contributed by atoms with Gasteiger partial charge in [0.15, 0.2) is 0 Å². The minimum absolute atomic E-state index is 0.0305. The standard InChI is InChI=1S/C37H42N4O7/c1-40(19-5-18-38-24-31(43)28-12-14-30(42)35-29(28)13-15-32(44)39-35)33(45)22-25-8-10-26(11-9-25)23-34(46)41-20-16-37(17-21-41,36(47)48)27-6-3-2-4-7-27/h2-4,6-15,31,38,42-43H,5,16-24H2,1H3,(H,39,44)(H,47,48)/t31-/m0/s1. The number of likely N-dealkylation sites (tertiary alicyclic amines) is 1. The number of aliphatic hydroxyl groups excluding tert-OH is 1. The fourth-order valence-electron chi connectivity index (χ4n) is 6.36. The first-order valence-electron chi connectivity index (χ1n) is 16.2. The number of nitrogens with zero attached hydrogens (tertiary/aromatic N) is 2. The second-order valence-electron chi connectivity index (χ2n) is 12.5. The molecule has 4 aromatic rings. The monoisotopic (exact) mass is 654 g/mol. The van der Waals surface area contributed by atoms with Crippen LogP contribution in [0.15, 0.2) is 83.7 Å². The number of phenolic OH excluding ortho intramolecular Hbond substituents is 1. The van der Waals surface area contributed by atoms with E-state index in [1.165, 1.54) is 12.1 Å². The molecule has 1 saturated heterocycles. The number of carboxylic acid groups (broad SMARTS) is 1. The molecule has 0 unspecified atom stereocenters. The molecule has 1 aliphatic heterocycles. The van der Waals surface area contributed by atoms with Crippen molar-refractivity contribution in [3.63, 3.8) is 0 Å². The van der Waals surface area contributed by atoms with Crippen LogP contribution >= 0.6 is 0 Å². The van der Waals surface area contributed by atoms with Crippen LogP contribution in [0.4, 0.5) is 0 Å². The highest BCUT2D eigenvalue weighted by atomic mass is 16.4. The molecule has 1 aromatic heterocycles. The number of aliphatic carboxylic acids is 1. The van der Waals surface area contributed by atoms with E-state index < -0.39 is 17.5 Å². The molecular weight excluding hydrogens is 612 g/mol. The predicted octanol–water partition coefficient (Wildman–Crippen LogP) is 3.14. The lowest BCUT2D eigenvalue weighted by Crippen LogP contribution is -2.49. The third kappa shape index (κ3) is 7.92. The summed E-state index contributed by atoms with van der Waals surface area (Å²) < 4.78 is 0. The number of aliphatic hydroxyl groups is 1. The maximum absolute atomic E-state index is 13.0. The number of aromatic nitrogens is 1. The molecule has 11 nitrogen and oxygen atoms in total. The number of aromatic hydroxyl groups is 1. The Morgan fingerprint density at radius 1 is 0.938 bits per heavy atom. The molecule has 0 aliphatic carbocycles. The van der Waals surface area contributed by atoms with Gasteiger partial charge in [-0.05, 0) is 60.2 Å². The number of pyridine rings is 1. The van der Waals surface area contributed by atoms with Crippen molar-refractivity contribution in [3.8, 4) is 5.75 Å². The van der Waals surface area contributed by atoms with Crippen LogP contribution in [-0.2, 0) is 32.6 Å². The summed E-state index contributed by atoms with van der Waals surface area (Å²) >= 11 is 0. The normalized spacial score (nSPS) is 14.8. The van der Waals surface area contributed by atoms with E-state index in [0.717, 1.165) is 16.7 Å². The molecule has 5 rings (SSSR count). The first-order chi connectivity index (χ1) is 23.1. The van der Waals surface area contributed by atoms with Gasteiger partial charge < -0.3 is 35.4 Å². The van der Waals surface area contributed by atoms with Gasteiger partial charge in [-0.1, -0.05) is 60.7 Å². The van der Waals surface area contributed by atoms with Gasteiger partial charge in [0.25, 0.3) is 0 Å². The lowest BCUT2D eigenvalue weighted by Gasteiger charge is -2.39. The quantitative estimate of drug-likeness (QED) is 0.137. The van der Waals surface area contributed by atoms with E-state index in [9.17, 15) is 34.5 Å². The smallest absolute Gasteiger partial charge is 0.314 e. The first-order valence-corrected chi connectivity index (χ1v) is 16.2. The Labute approximate surface area is 278 Å². The van der Waals surface area contributed by atoms with Crippen LogP contribution in [0.3, 0.4) is 0 Å². The van der Waals surface area contributed by atoms with Crippen LogP contribution in [0.2, 0.25) is 0 Å². The van der Waals surface area contributed by atoms with E-state index >= 15 is 0 Å². The van der Waals surface area contributed by atoms with Gasteiger partial charge in [-0.25, -0.2) is 0 Å². The van der Waals surface area contributed by atoms with Crippen molar-refractivity contribution < 1.29 is 29.7 Å². The lowest BCUT2D eigenvalue weighted by atomic mass is 9.73. The number of carbonyl (C=O) groups excluding carboxylic acids is 2. The Morgan fingerprint density at radius 3 is 2.27 bits per heavy atom. The molecule has 1 atom stereocenters. The highest BCUT2D eigenvalue weighted by Gasteiger charge is 2.43. The molecule has 0 radical (unpaired) electrons. The van der Waals surface area contributed by atoms with E-state index in [1.807, 2.05) is 54.6 Å². The average molecular weight is 655 g/mol. The molecule has 2 heterocycles. The second-order valence-corrected chi connectivity index (χ2v) is 12.5. The minimum Gasteiger partial charge on any atom is -0.506 e. The third-order valence-electron chi connectivity index (χ3n) is 9.32. The van der Waals surface area contributed by atoms with Crippen LogP contribution in [0.5, 0.6) is 5.75 Å². The van der Waals surface area contributed by atoms with Gasteiger partial charge in [0.05, 0.1) is 29.9 Å². The number of nitrogens with one attached hydrogen (secondary N) is 2. The highest BCUT2D eigenvalue weighted by molar-refractivity contribution is 5.87. The van der Waals surface area contributed by atoms with Crippen molar-refractivity contribution in [2.24, 2.45) is 0 Å². The molecule has 0 saturated carbocycles. The lowest BCUT2D eigenvalue weighted by molar-refractivity contribution is -0.148. The number of likely N-dealkylation sites (N-methyl/N-ethyl adjacent to an activating group) is 1. The second kappa shape index (κ2) is 15.3. The number of carbonyl (C=O) groups is 3. The number of fused-ring (bicyclic) bond motifs is 1. The molecule has 3 aromatic carbocycles. The number of aromatic amines is 1. The summed E-state index contributed by atoms with van der Waals surface area (Å²) in [6.07, 6.45) is 0.999. The number of hydrogen-bond donors (Lipinski definition) is 5.